The molecule has 3 nitrogen and oxygen atoms in total. The van der Waals surface area contributed by atoms with E-state index in [1.165, 1.54) is 5.75 Å². The number of hydrogen-bond acceptors (Lipinski definition) is 4. The van der Waals surface area contributed by atoms with E-state index in [1.807, 2.05) is 11.8 Å². The van der Waals surface area contributed by atoms with E-state index in [0.29, 0.717) is 5.25 Å². The molecule has 2 heterocycles. The predicted molar refractivity (Wildman–Crippen MR) is 63.9 cm³/mol. The topological polar surface area (TPSA) is 29.0 Å². The van der Waals surface area contributed by atoms with E-state index in [2.05, 4.69) is 37.7 Å². The second-order valence-corrected chi connectivity index (χ2v) is 5.79. The zero-order chi connectivity index (χ0) is 9.97. The van der Waals surface area contributed by atoms with E-state index >= 15 is 0 Å². The fourth-order valence-electron chi connectivity index (χ4n) is 1.47. The van der Waals surface area contributed by atoms with Gasteiger partial charge >= 0.3 is 0 Å². The van der Waals surface area contributed by atoms with Gasteiger partial charge < -0.3 is 4.90 Å². The van der Waals surface area contributed by atoms with Crippen LogP contribution in [0.1, 0.15) is 6.92 Å². The van der Waals surface area contributed by atoms with Crippen LogP contribution in [0, 0.1) is 0 Å². The first-order valence-electron chi connectivity index (χ1n) is 4.60. The molecule has 0 saturated carbocycles. The average molecular weight is 274 g/mol. The van der Waals surface area contributed by atoms with Gasteiger partial charge in [-0.25, -0.2) is 9.97 Å². The predicted octanol–water partition coefficient (Wildman–Crippen LogP) is 2.18. The lowest BCUT2D eigenvalue weighted by Gasteiger charge is -2.30. The Labute approximate surface area is 96.4 Å². The Hall–Kier alpha value is -0.290. The molecular formula is C9H12BrN3S. The fraction of sp³-hybridized carbons (Fsp3) is 0.556. The second-order valence-electron chi connectivity index (χ2n) is 3.33. The molecule has 1 fully saturated rings. The van der Waals surface area contributed by atoms with E-state index in [9.17, 15) is 0 Å². The van der Waals surface area contributed by atoms with Gasteiger partial charge in [-0.15, -0.1) is 0 Å². The zero-order valence-corrected chi connectivity index (χ0v) is 10.4. The van der Waals surface area contributed by atoms with Crippen LogP contribution in [0.3, 0.4) is 0 Å². The molecule has 1 aromatic rings. The fourth-order valence-corrected chi connectivity index (χ4v) is 2.69. The first kappa shape index (κ1) is 10.2. The molecule has 0 bridgehead atoms. The molecule has 0 spiro atoms. The maximum absolute atomic E-state index is 4.30. The number of hydrogen-bond donors (Lipinski definition) is 0. The lowest BCUT2D eigenvalue weighted by Crippen LogP contribution is -2.37. The number of thioether (sulfide) groups is 1. The zero-order valence-electron chi connectivity index (χ0n) is 7.98. The van der Waals surface area contributed by atoms with Crippen LogP contribution in [0.25, 0.3) is 0 Å². The van der Waals surface area contributed by atoms with Crippen LogP contribution in [0.15, 0.2) is 16.9 Å². The highest BCUT2D eigenvalue weighted by atomic mass is 79.9. The van der Waals surface area contributed by atoms with Gasteiger partial charge in [-0.3, -0.25) is 0 Å². The lowest BCUT2D eigenvalue weighted by molar-refractivity contribution is 0.754. The number of rotatable bonds is 1. The summed E-state index contributed by atoms with van der Waals surface area (Å²) in [5.74, 6) is 2.01. The quantitative estimate of drug-likeness (QED) is 0.785. The maximum Gasteiger partial charge on any atom is 0.225 e. The van der Waals surface area contributed by atoms with Crippen LogP contribution < -0.4 is 4.90 Å². The van der Waals surface area contributed by atoms with Crippen molar-refractivity contribution in [2.45, 2.75) is 12.2 Å². The Bertz CT molecular complexity index is 303. The summed E-state index contributed by atoms with van der Waals surface area (Å²) in [6.45, 7) is 4.35. The van der Waals surface area contributed by atoms with Gasteiger partial charge in [0.05, 0.1) is 4.47 Å². The van der Waals surface area contributed by atoms with Crippen LogP contribution >= 0.6 is 27.7 Å². The van der Waals surface area contributed by atoms with Crippen LogP contribution in [0.4, 0.5) is 5.95 Å². The molecule has 1 atom stereocenters. The van der Waals surface area contributed by atoms with Crippen molar-refractivity contribution in [1.29, 1.82) is 0 Å². The maximum atomic E-state index is 4.30. The summed E-state index contributed by atoms with van der Waals surface area (Å²) >= 11 is 5.35. The molecule has 2 rings (SSSR count). The van der Waals surface area contributed by atoms with E-state index in [1.54, 1.807) is 12.4 Å². The van der Waals surface area contributed by atoms with E-state index in [-0.39, 0.29) is 0 Å². The third kappa shape index (κ3) is 2.39. The average Bonchev–Trinajstić information content (AvgIpc) is 2.19. The van der Waals surface area contributed by atoms with Gasteiger partial charge in [0.1, 0.15) is 0 Å². The monoisotopic (exact) mass is 273 g/mol. The Balaban J connectivity index is 2.10. The highest BCUT2D eigenvalue weighted by Crippen LogP contribution is 2.21. The van der Waals surface area contributed by atoms with Crippen LogP contribution in [0.2, 0.25) is 0 Å². The second kappa shape index (κ2) is 4.49. The third-order valence-electron chi connectivity index (χ3n) is 2.13. The molecule has 76 valence electrons. The third-order valence-corrected chi connectivity index (χ3v) is 3.68. The summed E-state index contributed by atoms with van der Waals surface area (Å²) < 4.78 is 0.931. The molecular weight excluding hydrogens is 262 g/mol. The normalized spacial score (nSPS) is 22.4. The van der Waals surface area contributed by atoms with Gasteiger partial charge in [0.25, 0.3) is 0 Å². The van der Waals surface area contributed by atoms with Crippen molar-refractivity contribution >= 4 is 33.6 Å². The van der Waals surface area contributed by atoms with Gasteiger partial charge in [-0.05, 0) is 15.9 Å². The van der Waals surface area contributed by atoms with Gasteiger partial charge in [0.2, 0.25) is 5.95 Å². The molecule has 14 heavy (non-hydrogen) atoms. The molecule has 1 saturated heterocycles. The largest absolute Gasteiger partial charge is 0.339 e. The minimum atomic E-state index is 0.677. The van der Waals surface area contributed by atoms with E-state index in [4.69, 9.17) is 0 Å². The van der Waals surface area contributed by atoms with Crippen molar-refractivity contribution in [2.24, 2.45) is 0 Å². The summed E-state index contributed by atoms with van der Waals surface area (Å²) in [5.41, 5.74) is 0. The highest BCUT2D eigenvalue weighted by molar-refractivity contribution is 9.10. The lowest BCUT2D eigenvalue weighted by atomic mass is 10.4. The Morgan fingerprint density at radius 3 is 2.86 bits per heavy atom. The SMILES string of the molecule is C[C@H]1CN(c2ncc(Br)cn2)CCS1. The van der Waals surface area contributed by atoms with Crippen molar-refractivity contribution < 1.29 is 0 Å². The Morgan fingerprint density at radius 2 is 2.21 bits per heavy atom. The molecule has 0 unspecified atom stereocenters. The summed E-state index contributed by atoms with van der Waals surface area (Å²) in [6, 6.07) is 0. The number of halogens is 1. The van der Waals surface area contributed by atoms with Gasteiger partial charge in [0.15, 0.2) is 0 Å². The molecule has 0 aromatic carbocycles. The van der Waals surface area contributed by atoms with Crippen LogP contribution in [-0.4, -0.2) is 34.1 Å². The molecule has 1 aliphatic heterocycles. The molecule has 1 aromatic heterocycles. The molecule has 0 aliphatic carbocycles. The number of nitrogens with zero attached hydrogens (tertiary/aromatic N) is 3. The van der Waals surface area contributed by atoms with Gasteiger partial charge in [-0.1, -0.05) is 6.92 Å². The minimum absolute atomic E-state index is 0.677. The standard InChI is InChI=1S/C9H12BrN3S/c1-7-6-13(2-3-14-7)9-11-4-8(10)5-12-9/h4-5,7H,2-3,6H2,1H3/t7-/m0/s1. The number of aromatic nitrogens is 2. The summed E-state index contributed by atoms with van der Waals surface area (Å²) in [5, 5.41) is 0.677. The molecule has 0 radical (unpaired) electrons. The van der Waals surface area contributed by atoms with E-state index < -0.39 is 0 Å². The van der Waals surface area contributed by atoms with Crippen molar-refractivity contribution in [3.8, 4) is 0 Å². The molecule has 0 amide bonds. The van der Waals surface area contributed by atoms with Gasteiger partial charge in [0, 0.05) is 36.5 Å². The molecule has 5 heteroatoms. The minimum Gasteiger partial charge on any atom is -0.339 e. The molecule has 1 aliphatic rings. The van der Waals surface area contributed by atoms with Crippen molar-refractivity contribution in [1.82, 2.24) is 9.97 Å². The smallest absolute Gasteiger partial charge is 0.225 e. The van der Waals surface area contributed by atoms with Crippen molar-refractivity contribution in [3.63, 3.8) is 0 Å². The first-order chi connectivity index (χ1) is 6.75. The van der Waals surface area contributed by atoms with Crippen molar-refractivity contribution in [3.05, 3.63) is 16.9 Å². The summed E-state index contributed by atoms with van der Waals surface area (Å²) in [6.07, 6.45) is 3.60. The summed E-state index contributed by atoms with van der Waals surface area (Å²) in [4.78, 5) is 10.8. The summed E-state index contributed by atoms with van der Waals surface area (Å²) in [7, 11) is 0. The van der Waals surface area contributed by atoms with Crippen LogP contribution in [-0.2, 0) is 0 Å². The van der Waals surface area contributed by atoms with Crippen LogP contribution in [0.5, 0.6) is 0 Å². The Morgan fingerprint density at radius 1 is 1.50 bits per heavy atom. The molecule has 0 N–H and O–H groups in total. The van der Waals surface area contributed by atoms with E-state index in [0.717, 1.165) is 23.5 Å². The Kier molecular flexibility index (Phi) is 3.28. The first-order valence-corrected chi connectivity index (χ1v) is 6.44. The highest BCUT2D eigenvalue weighted by Gasteiger charge is 2.18. The van der Waals surface area contributed by atoms with Crippen molar-refractivity contribution in [2.75, 3.05) is 23.7 Å². The van der Waals surface area contributed by atoms with Gasteiger partial charge in [-0.2, -0.15) is 11.8 Å². The number of anilines is 1.